The Morgan fingerprint density at radius 3 is 2.22 bits per heavy atom. The number of rotatable bonds is 8. The fraction of sp³-hybridized carbons (Fsp3) is 0.333. The summed E-state index contributed by atoms with van der Waals surface area (Å²) in [6.45, 7) is 3.75. The normalized spacial score (nSPS) is 15.8. The van der Waals surface area contributed by atoms with Gasteiger partial charge in [-0.2, -0.15) is 0 Å². The third-order valence-corrected chi connectivity index (χ3v) is 6.21. The molecule has 0 spiro atoms. The molecule has 0 aromatic heterocycles. The summed E-state index contributed by atoms with van der Waals surface area (Å²) in [5, 5.41) is 15.6. The van der Waals surface area contributed by atoms with E-state index in [0.717, 1.165) is 54.9 Å². The lowest BCUT2D eigenvalue weighted by Crippen LogP contribution is -2.40. The first-order chi connectivity index (χ1) is 17.3. The summed E-state index contributed by atoms with van der Waals surface area (Å²) >= 11 is 0. The first-order valence-electron chi connectivity index (χ1n) is 11.7. The zero-order chi connectivity index (χ0) is 26.1. The number of carbonyl (C=O) groups excluding carboxylic acids is 2. The highest BCUT2D eigenvalue weighted by Crippen LogP contribution is 2.29. The van der Waals surface area contributed by atoms with E-state index in [-0.39, 0.29) is 11.7 Å². The number of ether oxygens (including phenoxy) is 1. The van der Waals surface area contributed by atoms with E-state index in [9.17, 15) is 19.2 Å². The average molecular weight is 495 g/mol. The fourth-order valence-electron chi connectivity index (χ4n) is 4.33. The van der Waals surface area contributed by atoms with E-state index in [1.54, 1.807) is 7.11 Å². The summed E-state index contributed by atoms with van der Waals surface area (Å²) in [4.78, 5) is 48.4. The summed E-state index contributed by atoms with van der Waals surface area (Å²) in [5.41, 5.74) is 2.63. The van der Waals surface area contributed by atoms with Crippen molar-refractivity contribution in [2.45, 2.75) is 19.4 Å². The quantitative estimate of drug-likeness (QED) is 0.424. The number of aliphatic carboxylic acids is 2. The molecule has 0 saturated carbocycles. The van der Waals surface area contributed by atoms with Gasteiger partial charge in [0, 0.05) is 36.4 Å². The monoisotopic (exact) mass is 494 g/mol. The molecule has 1 saturated heterocycles. The summed E-state index contributed by atoms with van der Waals surface area (Å²) in [6, 6.07) is 15.2. The number of carbonyl (C=O) groups is 4. The maximum absolute atomic E-state index is 12.7. The highest BCUT2D eigenvalue weighted by molar-refractivity contribution is 5.98. The van der Waals surface area contributed by atoms with Gasteiger partial charge in [-0.3, -0.25) is 14.5 Å². The van der Waals surface area contributed by atoms with Gasteiger partial charge in [0.25, 0.3) is 5.91 Å². The van der Waals surface area contributed by atoms with Crippen LogP contribution >= 0.6 is 0 Å². The van der Waals surface area contributed by atoms with E-state index in [2.05, 4.69) is 4.90 Å². The Labute approximate surface area is 209 Å². The van der Waals surface area contributed by atoms with Gasteiger partial charge in [-0.25, -0.2) is 9.59 Å². The third-order valence-electron chi connectivity index (χ3n) is 6.21. The molecule has 0 aliphatic carbocycles. The highest BCUT2D eigenvalue weighted by atomic mass is 16.5. The van der Waals surface area contributed by atoms with Crippen LogP contribution in [-0.4, -0.2) is 76.9 Å². The molecule has 2 N–H and O–H groups in total. The van der Waals surface area contributed by atoms with E-state index >= 15 is 0 Å². The molecule has 9 heteroatoms. The lowest BCUT2D eigenvalue weighted by molar-refractivity contribution is -0.134. The molecule has 1 amide bonds. The van der Waals surface area contributed by atoms with Crippen LogP contribution in [0.2, 0.25) is 0 Å². The van der Waals surface area contributed by atoms with E-state index in [1.807, 2.05) is 53.4 Å². The number of fused-ring (bicyclic) bond motifs is 1. The predicted octanol–water partition coefficient (Wildman–Crippen LogP) is 2.96. The van der Waals surface area contributed by atoms with Crippen LogP contribution < -0.4 is 4.74 Å². The number of hydrogen-bond donors (Lipinski definition) is 2. The maximum atomic E-state index is 12.7. The summed E-state index contributed by atoms with van der Waals surface area (Å²) in [6.07, 6.45) is 3.15. The second-order valence-electron chi connectivity index (χ2n) is 8.73. The van der Waals surface area contributed by atoms with Gasteiger partial charge in [0.1, 0.15) is 5.75 Å². The van der Waals surface area contributed by atoms with E-state index in [1.165, 1.54) is 0 Å². The Morgan fingerprint density at radius 1 is 1.00 bits per heavy atom. The van der Waals surface area contributed by atoms with Crippen LogP contribution in [0.5, 0.6) is 5.75 Å². The number of carboxylic acids is 2. The molecule has 9 nitrogen and oxygen atoms in total. The second-order valence-corrected chi connectivity index (χ2v) is 8.73. The lowest BCUT2D eigenvalue weighted by atomic mass is 9.95. The van der Waals surface area contributed by atoms with E-state index in [4.69, 9.17) is 14.9 Å². The van der Waals surface area contributed by atoms with E-state index in [0.29, 0.717) is 31.2 Å². The summed E-state index contributed by atoms with van der Waals surface area (Å²) in [5.74, 6) is -0.926. The molecule has 0 radical (unpaired) electrons. The molecule has 2 aromatic rings. The summed E-state index contributed by atoms with van der Waals surface area (Å²) in [7, 11) is 1.65. The molecule has 4 rings (SSSR count). The Balaban J connectivity index is 0.000000392. The maximum Gasteiger partial charge on any atom is 0.328 e. The zero-order valence-corrected chi connectivity index (χ0v) is 20.1. The second kappa shape index (κ2) is 12.6. The summed E-state index contributed by atoms with van der Waals surface area (Å²) < 4.78 is 5.27. The SMILES string of the molecule is COc1ccc2c(c1)CN(CC1CCN(CC(=O)c3ccccc3)CC1)C2=O.O=C(O)/C=C/C(=O)O. The van der Waals surface area contributed by atoms with Crippen LogP contribution in [-0.2, 0) is 16.1 Å². The van der Waals surface area contributed by atoms with Gasteiger partial charge >= 0.3 is 11.9 Å². The molecule has 0 atom stereocenters. The molecule has 0 bridgehead atoms. The van der Waals surface area contributed by atoms with Crippen molar-refractivity contribution in [1.82, 2.24) is 9.80 Å². The largest absolute Gasteiger partial charge is 0.497 e. The van der Waals surface area contributed by atoms with Gasteiger partial charge < -0.3 is 19.8 Å². The van der Waals surface area contributed by atoms with Crippen molar-refractivity contribution in [3.05, 3.63) is 77.4 Å². The van der Waals surface area contributed by atoms with Crippen LogP contribution in [0, 0.1) is 5.92 Å². The number of methoxy groups -OCH3 is 1. The van der Waals surface area contributed by atoms with Gasteiger partial charge in [0.2, 0.25) is 0 Å². The van der Waals surface area contributed by atoms with Crippen molar-refractivity contribution in [1.29, 1.82) is 0 Å². The smallest absolute Gasteiger partial charge is 0.328 e. The molecule has 2 aliphatic rings. The molecule has 1 fully saturated rings. The lowest BCUT2D eigenvalue weighted by Gasteiger charge is -2.33. The number of amides is 1. The van der Waals surface area contributed by atoms with Crippen LogP contribution in [0.4, 0.5) is 0 Å². The van der Waals surface area contributed by atoms with Gasteiger partial charge in [0.05, 0.1) is 13.7 Å². The van der Waals surface area contributed by atoms with Gasteiger partial charge in [-0.05, 0) is 55.6 Å². The van der Waals surface area contributed by atoms with Crippen LogP contribution in [0.25, 0.3) is 0 Å². The first kappa shape index (κ1) is 26.6. The zero-order valence-electron chi connectivity index (χ0n) is 20.1. The number of ketones is 1. The van der Waals surface area contributed by atoms with Crippen molar-refractivity contribution in [3.8, 4) is 5.75 Å². The minimum absolute atomic E-state index is 0.124. The first-order valence-corrected chi connectivity index (χ1v) is 11.7. The number of piperidine rings is 1. The molecule has 2 heterocycles. The number of nitrogens with zero attached hydrogens (tertiary/aromatic N) is 2. The van der Waals surface area contributed by atoms with Gasteiger partial charge in [-0.15, -0.1) is 0 Å². The Bertz CT molecular complexity index is 1110. The Hall–Kier alpha value is -3.98. The minimum atomic E-state index is -1.26. The number of Topliss-reactive ketones (excluding diaryl/α,β-unsaturated/α-hetero) is 1. The van der Waals surface area contributed by atoms with Gasteiger partial charge in [-0.1, -0.05) is 30.3 Å². The molecule has 2 aliphatic heterocycles. The topological polar surface area (TPSA) is 124 Å². The van der Waals surface area contributed by atoms with Crippen molar-refractivity contribution < 1.29 is 34.1 Å². The number of hydrogen-bond acceptors (Lipinski definition) is 6. The fourth-order valence-corrected chi connectivity index (χ4v) is 4.33. The van der Waals surface area contributed by atoms with Gasteiger partial charge in [0.15, 0.2) is 5.78 Å². The number of likely N-dealkylation sites (tertiary alicyclic amines) is 1. The highest BCUT2D eigenvalue weighted by Gasteiger charge is 2.31. The molecular formula is C27H30N2O7. The Kier molecular flexibility index (Phi) is 9.35. The van der Waals surface area contributed by atoms with Crippen molar-refractivity contribution in [2.75, 3.05) is 33.3 Å². The molecule has 190 valence electrons. The van der Waals surface area contributed by atoms with Crippen LogP contribution in [0.1, 0.15) is 39.1 Å². The predicted molar refractivity (Wildman–Crippen MR) is 132 cm³/mol. The Morgan fingerprint density at radius 2 is 1.64 bits per heavy atom. The molecule has 0 unspecified atom stereocenters. The van der Waals surface area contributed by atoms with Crippen LogP contribution in [0.15, 0.2) is 60.7 Å². The molecule has 2 aromatic carbocycles. The molecular weight excluding hydrogens is 464 g/mol. The van der Waals surface area contributed by atoms with Crippen molar-refractivity contribution >= 4 is 23.6 Å². The molecule has 36 heavy (non-hydrogen) atoms. The number of benzene rings is 2. The standard InChI is InChI=1S/C23H26N2O3.C4H4O4/c1-28-20-7-8-21-19(13-20)15-25(23(21)27)14-17-9-11-24(12-10-17)16-22(26)18-5-3-2-4-6-18;5-3(6)1-2-4(7)8/h2-8,13,17H,9-12,14-16H2,1H3;1-2H,(H,5,6)(H,7,8)/b;2-1+. The number of carboxylic acid groups (broad SMARTS) is 2. The van der Waals surface area contributed by atoms with Crippen molar-refractivity contribution in [3.63, 3.8) is 0 Å². The third kappa shape index (κ3) is 7.51. The minimum Gasteiger partial charge on any atom is -0.497 e. The average Bonchev–Trinajstić information content (AvgIpc) is 3.19. The van der Waals surface area contributed by atoms with Crippen LogP contribution in [0.3, 0.4) is 0 Å². The van der Waals surface area contributed by atoms with Crippen molar-refractivity contribution in [2.24, 2.45) is 5.92 Å². The van der Waals surface area contributed by atoms with E-state index < -0.39 is 11.9 Å².